The van der Waals surface area contributed by atoms with E-state index in [4.69, 9.17) is 0 Å². The third kappa shape index (κ3) is 2.45. The van der Waals surface area contributed by atoms with Crippen molar-refractivity contribution in [2.45, 2.75) is 66.3 Å². The van der Waals surface area contributed by atoms with Crippen LogP contribution in [0.3, 0.4) is 0 Å². The predicted molar refractivity (Wildman–Crippen MR) is 70.8 cm³/mol. The van der Waals surface area contributed by atoms with E-state index in [0.29, 0.717) is 6.42 Å². The number of rotatable bonds is 1. The lowest BCUT2D eigenvalue weighted by Gasteiger charge is -2.47. The molecule has 1 atom stereocenters. The fourth-order valence-corrected chi connectivity index (χ4v) is 4.16. The zero-order chi connectivity index (χ0) is 13.7. The summed E-state index contributed by atoms with van der Waals surface area (Å²) in [6.45, 7) is 10.8. The summed E-state index contributed by atoms with van der Waals surface area (Å²) in [6.07, 6.45) is 3.44. The molecule has 3 heteroatoms. The van der Waals surface area contributed by atoms with E-state index in [0.717, 1.165) is 19.3 Å². The maximum atomic E-state index is 12.1. The zero-order valence-electron chi connectivity index (χ0n) is 12.2. The van der Waals surface area contributed by atoms with Gasteiger partial charge in [-0.3, -0.25) is 14.5 Å². The third-order valence-electron chi connectivity index (χ3n) is 4.31. The van der Waals surface area contributed by atoms with Crippen LogP contribution in [0.25, 0.3) is 0 Å². The molecule has 102 valence electrons. The molecule has 2 rings (SSSR count). The van der Waals surface area contributed by atoms with Crippen molar-refractivity contribution in [1.82, 2.24) is 4.90 Å². The van der Waals surface area contributed by atoms with Crippen LogP contribution in [-0.4, -0.2) is 22.8 Å². The van der Waals surface area contributed by atoms with Gasteiger partial charge in [0, 0.05) is 18.4 Å². The standard InChI is InChI=1S/C15H25NO2/c1-10-6-12(17)16(13(10)18)11-7-14(2,3)9-15(4,5)8-11/h10-11H,6-9H2,1-5H3. The molecule has 1 aliphatic heterocycles. The number of likely N-dealkylation sites (tertiary alicyclic amines) is 1. The van der Waals surface area contributed by atoms with Crippen LogP contribution < -0.4 is 0 Å². The molecule has 18 heavy (non-hydrogen) atoms. The second kappa shape index (κ2) is 4.07. The maximum Gasteiger partial charge on any atom is 0.232 e. The predicted octanol–water partition coefficient (Wildman–Crippen LogP) is 2.99. The number of hydrogen-bond donors (Lipinski definition) is 0. The minimum atomic E-state index is -0.120. The van der Waals surface area contributed by atoms with Crippen molar-refractivity contribution in [1.29, 1.82) is 0 Å². The molecule has 0 aromatic carbocycles. The quantitative estimate of drug-likeness (QED) is 0.672. The topological polar surface area (TPSA) is 37.4 Å². The van der Waals surface area contributed by atoms with Gasteiger partial charge in [-0.25, -0.2) is 0 Å². The molecule has 1 saturated heterocycles. The summed E-state index contributed by atoms with van der Waals surface area (Å²) in [7, 11) is 0. The van der Waals surface area contributed by atoms with Gasteiger partial charge in [0.1, 0.15) is 0 Å². The fraction of sp³-hybridized carbons (Fsp3) is 0.867. The molecular weight excluding hydrogens is 226 g/mol. The molecule has 0 radical (unpaired) electrons. The van der Waals surface area contributed by atoms with Gasteiger partial charge >= 0.3 is 0 Å². The van der Waals surface area contributed by atoms with Crippen LogP contribution in [0.5, 0.6) is 0 Å². The highest BCUT2D eigenvalue weighted by Gasteiger charge is 2.46. The van der Waals surface area contributed by atoms with Crippen LogP contribution >= 0.6 is 0 Å². The van der Waals surface area contributed by atoms with Gasteiger partial charge in [-0.15, -0.1) is 0 Å². The molecule has 1 heterocycles. The molecule has 0 aromatic rings. The Morgan fingerprint density at radius 3 is 1.94 bits per heavy atom. The Morgan fingerprint density at radius 2 is 1.56 bits per heavy atom. The summed E-state index contributed by atoms with van der Waals surface area (Å²) < 4.78 is 0. The van der Waals surface area contributed by atoms with Crippen molar-refractivity contribution in [2.24, 2.45) is 16.7 Å². The first kappa shape index (κ1) is 13.6. The summed E-state index contributed by atoms with van der Waals surface area (Å²) in [5.41, 5.74) is 0.414. The maximum absolute atomic E-state index is 12.1. The van der Waals surface area contributed by atoms with E-state index in [1.807, 2.05) is 6.92 Å². The average Bonchev–Trinajstić information content (AvgIpc) is 2.35. The van der Waals surface area contributed by atoms with Crippen LogP contribution in [-0.2, 0) is 9.59 Å². The Balaban J connectivity index is 2.23. The van der Waals surface area contributed by atoms with Crippen LogP contribution in [0.1, 0.15) is 60.3 Å². The van der Waals surface area contributed by atoms with E-state index in [2.05, 4.69) is 27.7 Å². The minimum absolute atomic E-state index is 0.0333. The molecule has 2 fully saturated rings. The van der Waals surface area contributed by atoms with E-state index >= 15 is 0 Å². The van der Waals surface area contributed by atoms with E-state index < -0.39 is 0 Å². The number of hydrogen-bond acceptors (Lipinski definition) is 2. The third-order valence-corrected chi connectivity index (χ3v) is 4.31. The van der Waals surface area contributed by atoms with Crippen molar-refractivity contribution < 1.29 is 9.59 Å². The van der Waals surface area contributed by atoms with E-state index in [9.17, 15) is 9.59 Å². The number of carbonyl (C=O) groups excluding carboxylic acids is 2. The zero-order valence-corrected chi connectivity index (χ0v) is 12.2. The van der Waals surface area contributed by atoms with E-state index in [1.165, 1.54) is 0 Å². The fourth-order valence-electron chi connectivity index (χ4n) is 4.16. The molecule has 3 nitrogen and oxygen atoms in total. The second-order valence-electron chi connectivity index (χ2n) is 7.77. The van der Waals surface area contributed by atoms with Crippen molar-refractivity contribution >= 4 is 11.8 Å². The molecule has 2 amide bonds. The van der Waals surface area contributed by atoms with Crippen LogP contribution in [0, 0.1) is 16.7 Å². The van der Waals surface area contributed by atoms with Gasteiger partial charge in [0.15, 0.2) is 0 Å². The van der Waals surface area contributed by atoms with Crippen molar-refractivity contribution in [2.75, 3.05) is 0 Å². The van der Waals surface area contributed by atoms with E-state index in [-0.39, 0.29) is 34.6 Å². The lowest BCUT2D eigenvalue weighted by molar-refractivity contribution is -0.144. The summed E-state index contributed by atoms with van der Waals surface area (Å²) in [6, 6.07) is 0.105. The number of carbonyl (C=O) groups is 2. The lowest BCUT2D eigenvalue weighted by atomic mass is 9.63. The number of imide groups is 1. The van der Waals surface area contributed by atoms with Gasteiger partial charge < -0.3 is 0 Å². The first-order chi connectivity index (χ1) is 8.11. The SMILES string of the molecule is CC1CC(=O)N(C2CC(C)(C)CC(C)(C)C2)C1=O. The number of amides is 2. The summed E-state index contributed by atoms with van der Waals surface area (Å²) in [4.78, 5) is 25.7. The average molecular weight is 251 g/mol. The van der Waals surface area contributed by atoms with Crippen molar-refractivity contribution in [3.8, 4) is 0 Å². The van der Waals surface area contributed by atoms with Gasteiger partial charge in [-0.1, -0.05) is 34.6 Å². The molecule has 0 bridgehead atoms. The molecular formula is C15H25NO2. The largest absolute Gasteiger partial charge is 0.279 e. The van der Waals surface area contributed by atoms with Gasteiger partial charge in [0.05, 0.1) is 0 Å². The summed E-state index contributed by atoms with van der Waals surface area (Å²) >= 11 is 0. The highest BCUT2D eigenvalue weighted by molar-refractivity contribution is 6.03. The Bertz CT molecular complexity index is 368. The van der Waals surface area contributed by atoms with Crippen LogP contribution in [0.2, 0.25) is 0 Å². The Labute approximate surface area is 110 Å². The van der Waals surface area contributed by atoms with Crippen molar-refractivity contribution in [3.63, 3.8) is 0 Å². The smallest absolute Gasteiger partial charge is 0.232 e. The second-order valence-corrected chi connectivity index (χ2v) is 7.77. The van der Waals surface area contributed by atoms with Gasteiger partial charge in [-0.2, -0.15) is 0 Å². The van der Waals surface area contributed by atoms with Crippen molar-refractivity contribution in [3.05, 3.63) is 0 Å². The molecule has 2 aliphatic rings. The molecule has 1 unspecified atom stereocenters. The van der Waals surface area contributed by atoms with Crippen LogP contribution in [0.4, 0.5) is 0 Å². The molecule has 1 saturated carbocycles. The lowest BCUT2D eigenvalue weighted by Crippen LogP contribution is -2.48. The highest BCUT2D eigenvalue weighted by Crippen LogP contribution is 2.48. The van der Waals surface area contributed by atoms with Crippen LogP contribution in [0.15, 0.2) is 0 Å². The van der Waals surface area contributed by atoms with Gasteiger partial charge in [0.25, 0.3) is 0 Å². The Kier molecular flexibility index (Phi) is 3.07. The summed E-state index contributed by atoms with van der Waals surface area (Å²) in [5.74, 6) is -0.0462. The monoisotopic (exact) mass is 251 g/mol. The molecule has 0 aromatic heterocycles. The Hall–Kier alpha value is -0.860. The van der Waals surface area contributed by atoms with E-state index in [1.54, 1.807) is 4.90 Å². The summed E-state index contributed by atoms with van der Waals surface area (Å²) in [5, 5.41) is 0. The molecule has 0 N–H and O–H groups in total. The molecule has 1 aliphatic carbocycles. The first-order valence-electron chi connectivity index (χ1n) is 6.97. The molecule has 0 spiro atoms. The minimum Gasteiger partial charge on any atom is -0.279 e. The van der Waals surface area contributed by atoms with Gasteiger partial charge in [0.2, 0.25) is 11.8 Å². The number of nitrogens with zero attached hydrogens (tertiary/aromatic N) is 1. The highest BCUT2D eigenvalue weighted by atomic mass is 16.2. The first-order valence-corrected chi connectivity index (χ1v) is 6.97. The Morgan fingerprint density at radius 1 is 1.06 bits per heavy atom. The van der Waals surface area contributed by atoms with Gasteiger partial charge in [-0.05, 0) is 30.1 Å². The normalized spacial score (nSPS) is 32.1.